The number of pyridine rings is 1. The molecule has 1 aromatic rings. The van der Waals surface area contributed by atoms with Crippen molar-refractivity contribution in [2.75, 3.05) is 11.4 Å². The summed E-state index contributed by atoms with van der Waals surface area (Å²) in [6.07, 6.45) is 10.8. The van der Waals surface area contributed by atoms with Gasteiger partial charge in [0.25, 0.3) is 0 Å². The summed E-state index contributed by atoms with van der Waals surface area (Å²) in [6.45, 7) is 1.80. The molecule has 0 bridgehead atoms. The van der Waals surface area contributed by atoms with Crippen LogP contribution in [0.15, 0.2) is 18.5 Å². The lowest BCUT2D eigenvalue weighted by Crippen LogP contribution is -2.35. The Morgan fingerprint density at radius 3 is 3.06 bits per heavy atom. The van der Waals surface area contributed by atoms with Crippen LogP contribution in [0.1, 0.15) is 37.7 Å². The Hall–Kier alpha value is -1.09. The summed E-state index contributed by atoms with van der Waals surface area (Å²) in [7, 11) is 0. The lowest BCUT2D eigenvalue weighted by atomic mass is 9.85. The van der Waals surface area contributed by atoms with Gasteiger partial charge in [0, 0.05) is 42.8 Å². The summed E-state index contributed by atoms with van der Waals surface area (Å²) in [5.41, 5.74) is 8.34. The van der Waals surface area contributed by atoms with Crippen molar-refractivity contribution in [3.8, 4) is 0 Å². The fourth-order valence-corrected chi connectivity index (χ4v) is 3.56. The third kappa shape index (κ3) is 1.93. The second kappa shape index (κ2) is 4.65. The molecule has 3 heteroatoms. The summed E-state index contributed by atoms with van der Waals surface area (Å²) < 4.78 is 0. The van der Waals surface area contributed by atoms with Gasteiger partial charge >= 0.3 is 0 Å². The topological polar surface area (TPSA) is 42.1 Å². The van der Waals surface area contributed by atoms with Crippen LogP contribution in [0.5, 0.6) is 0 Å². The van der Waals surface area contributed by atoms with Gasteiger partial charge in [0.2, 0.25) is 0 Å². The van der Waals surface area contributed by atoms with E-state index in [1.807, 2.05) is 12.4 Å². The summed E-state index contributed by atoms with van der Waals surface area (Å²) in [5, 5.41) is 0. The molecule has 2 atom stereocenters. The van der Waals surface area contributed by atoms with E-state index < -0.39 is 0 Å². The second-order valence-electron chi connectivity index (χ2n) is 5.30. The molecule has 2 fully saturated rings. The number of hydrogen-bond donors (Lipinski definition) is 1. The van der Waals surface area contributed by atoms with E-state index in [9.17, 15) is 0 Å². The number of nitrogens with two attached hydrogens (primary N) is 1. The quantitative estimate of drug-likeness (QED) is 0.849. The van der Waals surface area contributed by atoms with Gasteiger partial charge < -0.3 is 10.6 Å². The molecule has 2 N–H and O–H groups in total. The standard InChI is InChI=1S/C14H21N3/c15-9-12-10-16-7-5-14(12)17-8-6-11-3-1-2-4-13(11)17/h5,7,10-11,13H,1-4,6,8-9,15H2. The summed E-state index contributed by atoms with van der Waals surface area (Å²) >= 11 is 0. The lowest BCUT2D eigenvalue weighted by molar-refractivity contribution is 0.342. The minimum Gasteiger partial charge on any atom is -0.368 e. The first-order chi connectivity index (χ1) is 8.40. The largest absolute Gasteiger partial charge is 0.368 e. The molecule has 0 aromatic carbocycles. The molecule has 3 nitrogen and oxygen atoms in total. The minimum absolute atomic E-state index is 0.594. The molecule has 2 aliphatic rings. The normalized spacial score (nSPS) is 28.2. The third-order valence-corrected chi connectivity index (χ3v) is 4.42. The van der Waals surface area contributed by atoms with Gasteiger partial charge in [0.05, 0.1) is 0 Å². The molecule has 92 valence electrons. The first-order valence-corrected chi connectivity index (χ1v) is 6.79. The van der Waals surface area contributed by atoms with Crippen molar-refractivity contribution < 1.29 is 0 Å². The molecule has 1 aliphatic carbocycles. The SMILES string of the molecule is NCc1cnccc1N1CCC2CCCCC21. The van der Waals surface area contributed by atoms with Gasteiger partial charge in [-0.05, 0) is 31.2 Å². The maximum atomic E-state index is 5.82. The Morgan fingerprint density at radius 1 is 1.29 bits per heavy atom. The molecular weight excluding hydrogens is 210 g/mol. The number of aromatic nitrogens is 1. The lowest BCUT2D eigenvalue weighted by Gasteiger charge is -2.34. The van der Waals surface area contributed by atoms with Gasteiger partial charge in [-0.25, -0.2) is 0 Å². The molecule has 0 spiro atoms. The van der Waals surface area contributed by atoms with E-state index in [0.29, 0.717) is 6.54 Å². The fourth-order valence-electron chi connectivity index (χ4n) is 3.56. The molecule has 1 aliphatic heterocycles. The Labute approximate surface area is 103 Å². The molecule has 1 aromatic heterocycles. The summed E-state index contributed by atoms with van der Waals surface area (Å²) in [5.74, 6) is 0.919. The molecule has 2 heterocycles. The zero-order valence-corrected chi connectivity index (χ0v) is 10.3. The van der Waals surface area contributed by atoms with E-state index in [1.165, 1.54) is 49.9 Å². The fraction of sp³-hybridized carbons (Fsp3) is 0.643. The molecule has 2 unspecified atom stereocenters. The van der Waals surface area contributed by atoms with E-state index in [1.54, 1.807) is 0 Å². The average molecular weight is 231 g/mol. The van der Waals surface area contributed by atoms with Gasteiger partial charge in [0.1, 0.15) is 0 Å². The monoisotopic (exact) mass is 231 g/mol. The molecule has 3 rings (SSSR count). The van der Waals surface area contributed by atoms with Crippen LogP contribution in [0, 0.1) is 5.92 Å². The van der Waals surface area contributed by atoms with Crippen LogP contribution in [-0.2, 0) is 6.54 Å². The van der Waals surface area contributed by atoms with E-state index in [0.717, 1.165) is 12.0 Å². The van der Waals surface area contributed by atoms with Crippen molar-refractivity contribution in [3.05, 3.63) is 24.0 Å². The van der Waals surface area contributed by atoms with Gasteiger partial charge in [0.15, 0.2) is 0 Å². The molecule has 0 amide bonds. The number of anilines is 1. The van der Waals surface area contributed by atoms with Gasteiger partial charge in [-0.1, -0.05) is 12.8 Å². The maximum absolute atomic E-state index is 5.82. The second-order valence-corrected chi connectivity index (χ2v) is 5.30. The van der Waals surface area contributed by atoms with Gasteiger partial charge in [-0.3, -0.25) is 4.98 Å². The Kier molecular flexibility index (Phi) is 3.02. The Balaban J connectivity index is 1.88. The van der Waals surface area contributed by atoms with Gasteiger partial charge in [-0.15, -0.1) is 0 Å². The van der Waals surface area contributed by atoms with E-state index in [-0.39, 0.29) is 0 Å². The Morgan fingerprint density at radius 2 is 2.18 bits per heavy atom. The van der Waals surface area contributed by atoms with E-state index >= 15 is 0 Å². The number of fused-ring (bicyclic) bond motifs is 1. The zero-order chi connectivity index (χ0) is 11.7. The van der Waals surface area contributed by atoms with Gasteiger partial charge in [-0.2, -0.15) is 0 Å². The third-order valence-electron chi connectivity index (χ3n) is 4.42. The highest BCUT2D eigenvalue weighted by Gasteiger charge is 2.36. The minimum atomic E-state index is 0.594. The van der Waals surface area contributed by atoms with Crippen LogP contribution in [0.25, 0.3) is 0 Å². The number of nitrogens with zero attached hydrogens (tertiary/aromatic N) is 2. The molecule has 0 radical (unpaired) electrons. The van der Waals surface area contributed by atoms with Crippen LogP contribution in [0.3, 0.4) is 0 Å². The van der Waals surface area contributed by atoms with Crippen LogP contribution in [-0.4, -0.2) is 17.6 Å². The van der Waals surface area contributed by atoms with Crippen molar-refractivity contribution in [1.29, 1.82) is 0 Å². The molecule has 17 heavy (non-hydrogen) atoms. The van der Waals surface area contributed by atoms with Crippen molar-refractivity contribution in [2.24, 2.45) is 11.7 Å². The van der Waals surface area contributed by atoms with Crippen molar-refractivity contribution >= 4 is 5.69 Å². The highest BCUT2D eigenvalue weighted by atomic mass is 15.2. The molecule has 1 saturated carbocycles. The Bertz CT molecular complexity index is 391. The van der Waals surface area contributed by atoms with Crippen LogP contribution in [0.4, 0.5) is 5.69 Å². The molecule has 1 saturated heterocycles. The van der Waals surface area contributed by atoms with E-state index in [4.69, 9.17) is 5.73 Å². The summed E-state index contributed by atoms with van der Waals surface area (Å²) in [6, 6.07) is 2.90. The van der Waals surface area contributed by atoms with E-state index in [2.05, 4.69) is 16.0 Å². The smallest absolute Gasteiger partial charge is 0.0445 e. The number of hydrogen-bond acceptors (Lipinski definition) is 3. The van der Waals surface area contributed by atoms with Crippen LogP contribution < -0.4 is 10.6 Å². The highest BCUT2D eigenvalue weighted by molar-refractivity contribution is 5.54. The average Bonchev–Trinajstić information content (AvgIpc) is 2.82. The first kappa shape index (κ1) is 11.0. The van der Waals surface area contributed by atoms with Crippen LogP contribution in [0.2, 0.25) is 0 Å². The predicted molar refractivity (Wildman–Crippen MR) is 69.8 cm³/mol. The number of rotatable bonds is 2. The van der Waals surface area contributed by atoms with Crippen molar-refractivity contribution in [3.63, 3.8) is 0 Å². The maximum Gasteiger partial charge on any atom is 0.0445 e. The predicted octanol–water partition coefficient (Wildman–Crippen LogP) is 2.31. The first-order valence-electron chi connectivity index (χ1n) is 6.79. The van der Waals surface area contributed by atoms with Crippen LogP contribution >= 0.6 is 0 Å². The summed E-state index contributed by atoms with van der Waals surface area (Å²) in [4.78, 5) is 6.78. The zero-order valence-electron chi connectivity index (χ0n) is 10.3. The van der Waals surface area contributed by atoms with Crippen molar-refractivity contribution in [1.82, 2.24) is 4.98 Å². The highest BCUT2D eigenvalue weighted by Crippen LogP contribution is 2.39. The van der Waals surface area contributed by atoms with Crippen molar-refractivity contribution in [2.45, 2.75) is 44.7 Å². The molecular formula is C14H21N3.